The van der Waals surface area contributed by atoms with Crippen LogP contribution in [0.1, 0.15) is 50.8 Å². The van der Waals surface area contributed by atoms with Crippen molar-refractivity contribution < 1.29 is 9.59 Å². The molecular weight excluding hydrogens is 250 g/mol. The molecule has 1 heterocycles. The lowest BCUT2D eigenvalue weighted by Gasteiger charge is -2.13. The highest BCUT2D eigenvalue weighted by Gasteiger charge is 2.20. The van der Waals surface area contributed by atoms with Crippen LogP contribution in [0.15, 0.2) is 30.6 Å². The summed E-state index contributed by atoms with van der Waals surface area (Å²) in [5.41, 5.74) is 3.85. The number of aryl methyl sites for hydroxylation is 2. The molecular formula is C17H19NO2. The van der Waals surface area contributed by atoms with Crippen molar-refractivity contribution in [3.63, 3.8) is 0 Å². The molecule has 0 unspecified atom stereocenters. The van der Waals surface area contributed by atoms with Gasteiger partial charge in [-0.15, -0.1) is 0 Å². The van der Waals surface area contributed by atoms with Gasteiger partial charge < -0.3 is 4.98 Å². The van der Waals surface area contributed by atoms with Gasteiger partial charge in [0.2, 0.25) is 0 Å². The molecule has 104 valence electrons. The first-order valence-corrected chi connectivity index (χ1v) is 6.82. The number of hydrogen-bond donors (Lipinski definition) is 1. The first-order chi connectivity index (χ1) is 9.54. The number of H-pyrrole nitrogens is 1. The van der Waals surface area contributed by atoms with E-state index in [0.717, 1.165) is 16.7 Å². The zero-order valence-corrected chi connectivity index (χ0v) is 12.1. The molecule has 0 fully saturated rings. The maximum absolute atomic E-state index is 12.6. The molecule has 2 rings (SSSR count). The fourth-order valence-electron chi connectivity index (χ4n) is 2.45. The van der Waals surface area contributed by atoms with Crippen LogP contribution in [-0.2, 0) is 6.42 Å². The smallest absolute Gasteiger partial charge is 0.168 e. The van der Waals surface area contributed by atoms with Crippen molar-refractivity contribution in [3.05, 3.63) is 58.4 Å². The van der Waals surface area contributed by atoms with Crippen LogP contribution < -0.4 is 0 Å². The highest BCUT2D eigenvalue weighted by atomic mass is 16.1. The van der Waals surface area contributed by atoms with E-state index in [1.54, 1.807) is 6.20 Å². The van der Waals surface area contributed by atoms with Gasteiger partial charge in [-0.25, -0.2) is 0 Å². The van der Waals surface area contributed by atoms with Crippen molar-refractivity contribution in [2.45, 2.75) is 33.6 Å². The Labute approximate surface area is 119 Å². The van der Waals surface area contributed by atoms with E-state index in [0.29, 0.717) is 24.0 Å². The minimum absolute atomic E-state index is 0.00241. The molecule has 0 bridgehead atoms. The molecule has 0 aliphatic carbocycles. The topological polar surface area (TPSA) is 49.9 Å². The Hall–Kier alpha value is -2.16. The van der Waals surface area contributed by atoms with Crippen LogP contribution in [0, 0.1) is 13.8 Å². The molecule has 0 radical (unpaired) electrons. The summed E-state index contributed by atoms with van der Waals surface area (Å²) in [5.74, 6) is 0.0335. The predicted molar refractivity (Wildman–Crippen MR) is 79.4 cm³/mol. The number of aromatic nitrogens is 1. The van der Waals surface area contributed by atoms with Gasteiger partial charge in [-0.3, -0.25) is 9.59 Å². The summed E-state index contributed by atoms with van der Waals surface area (Å²) in [6.45, 7) is 5.59. The summed E-state index contributed by atoms with van der Waals surface area (Å²) in [7, 11) is 0. The number of rotatable bonds is 5. The third-order valence-electron chi connectivity index (χ3n) is 3.53. The van der Waals surface area contributed by atoms with Crippen LogP contribution in [0.25, 0.3) is 0 Å². The Balaban J connectivity index is 2.46. The van der Waals surface area contributed by atoms with Gasteiger partial charge in [0.1, 0.15) is 0 Å². The number of ketones is 2. The Morgan fingerprint density at radius 2 is 1.60 bits per heavy atom. The highest BCUT2D eigenvalue weighted by molar-refractivity contribution is 6.11. The van der Waals surface area contributed by atoms with E-state index in [9.17, 15) is 9.59 Å². The van der Waals surface area contributed by atoms with E-state index < -0.39 is 0 Å². The summed E-state index contributed by atoms with van der Waals surface area (Å²) in [4.78, 5) is 27.7. The van der Waals surface area contributed by atoms with Gasteiger partial charge in [-0.05, 0) is 36.6 Å². The molecule has 1 N–H and O–H groups in total. The second-order valence-corrected chi connectivity index (χ2v) is 5.05. The van der Waals surface area contributed by atoms with Crippen molar-refractivity contribution in [1.29, 1.82) is 0 Å². The Bertz CT molecular complexity index is 639. The predicted octanol–water partition coefficient (Wildman–Crippen LogP) is 3.65. The summed E-state index contributed by atoms with van der Waals surface area (Å²) in [6.07, 6.45) is 4.33. The van der Waals surface area contributed by atoms with Crippen LogP contribution in [0.5, 0.6) is 0 Å². The van der Waals surface area contributed by atoms with Crippen LogP contribution in [0.4, 0.5) is 0 Å². The number of aromatic amines is 1. The number of carbonyl (C=O) groups excluding carboxylic acids is 2. The van der Waals surface area contributed by atoms with E-state index in [4.69, 9.17) is 0 Å². The first kappa shape index (κ1) is 14.3. The SMILES string of the molecule is CCC(=O)c1c(C)ccc(C)c1C(=O)Cc1cc[nH]c1. The van der Waals surface area contributed by atoms with Gasteiger partial charge in [-0.2, -0.15) is 0 Å². The second-order valence-electron chi connectivity index (χ2n) is 5.05. The van der Waals surface area contributed by atoms with E-state index in [2.05, 4.69) is 4.98 Å². The molecule has 1 aromatic heterocycles. The van der Waals surface area contributed by atoms with Crippen LogP contribution in [0.2, 0.25) is 0 Å². The number of Topliss-reactive ketones (excluding diaryl/α,β-unsaturated/α-hetero) is 2. The average Bonchev–Trinajstić information content (AvgIpc) is 2.92. The van der Waals surface area contributed by atoms with Crippen molar-refractivity contribution in [2.24, 2.45) is 0 Å². The molecule has 3 nitrogen and oxygen atoms in total. The largest absolute Gasteiger partial charge is 0.367 e. The lowest BCUT2D eigenvalue weighted by atomic mass is 9.89. The van der Waals surface area contributed by atoms with Gasteiger partial charge in [-0.1, -0.05) is 19.1 Å². The van der Waals surface area contributed by atoms with Gasteiger partial charge in [0.05, 0.1) is 0 Å². The molecule has 0 atom stereocenters. The quantitative estimate of drug-likeness (QED) is 0.842. The van der Waals surface area contributed by atoms with E-state index in [-0.39, 0.29) is 11.6 Å². The third kappa shape index (κ3) is 2.72. The Morgan fingerprint density at radius 1 is 1.00 bits per heavy atom. The minimum Gasteiger partial charge on any atom is -0.367 e. The van der Waals surface area contributed by atoms with Crippen LogP contribution in [-0.4, -0.2) is 16.6 Å². The molecule has 0 aliphatic rings. The van der Waals surface area contributed by atoms with Crippen LogP contribution >= 0.6 is 0 Å². The Morgan fingerprint density at radius 3 is 2.10 bits per heavy atom. The standard InChI is InChI=1S/C17H19NO2/c1-4-14(19)16-11(2)5-6-12(3)17(16)15(20)9-13-7-8-18-10-13/h5-8,10,18H,4,9H2,1-3H3. The zero-order chi connectivity index (χ0) is 14.7. The van der Waals surface area contributed by atoms with Crippen LogP contribution in [0.3, 0.4) is 0 Å². The summed E-state index contributed by atoms with van der Waals surface area (Å²) < 4.78 is 0. The number of carbonyl (C=O) groups is 2. The first-order valence-electron chi connectivity index (χ1n) is 6.82. The zero-order valence-electron chi connectivity index (χ0n) is 12.1. The van der Waals surface area contributed by atoms with Crippen molar-refractivity contribution in [3.8, 4) is 0 Å². The maximum Gasteiger partial charge on any atom is 0.168 e. The normalized spacial score (nSPS) is 10.6. The number of hydrogen-bond acceptors (Lipinski definition) is 2. The lowest BCUT2D eigenvalue weighted by molar-refractivity contribution is 0.0956. The van der Waals surface area contributed by atoms with Crippen molar-refractivity contribution in [1.82, 2.24) is 4.98 Å². The fourth-order valence-corrected chi connectivity index (χ4v) is 2.45. The Kier molecular flexibility index (Phi) is 4.18. The average molecular weight is 269 g/mol. The molecule has 0 spiro atoms. The molecule has 2 aromatic rings. The van der Waals surface area contributed by atoms with Crippen molar-refractivity contribution >= 4 is 11.6 Å². The van der Waals surface area contributed by atoms with Gasteiger partial charge >= 0.3 is 0 Å². The highest BCUT2D eigenvalue weighted by Crippen LogP contribution is 2.22. The summed E-state index contributed by atoms with van der Waals surface area (Å²) in [5, 5.41) is 0. The lowest BCUT2D eigenvalue weighted by Crippen LogP contribution is -2.14. The third-order valence-corrected chi connectivity index (χ3v) is 3.53. The molecule has 1 aromatic carbocycles. The molecule has 0 amide bonds. The fraction of sp³-hybridized carbons (Fsp3) is 0.294. The van der Waals surface area contributed by atoms with Gasteiger partial charge in [0, 0.05) is 36.4 Å². The second kappa shape index (κ2) is 5.87. The van der Waals surface area contributed by atoms with Gasteiger partial charge in [0.25, 0.3) is 0 Å². The number of nitrogens with one attached hydrogen (secondary N) is 1. The molecule has 0 aliphatic heterocycles. The monoisotopic (exact) mass is 269 g/mol. The minimum atomic E-state index is 0.00241. The van der Waals surface area contributed by atoms with E-state index in [1.807, 2.05) is 45.2 Å². The summed E-state index contributed by atoms with van der Waals surface area (Å²) in [6, 6.07) is 5.70. The molecule has 0 saturated carbocycles. The van der Waals surface area contributed by atoms with E-state index in [1.165, 1.54) is 0 Å². The number of benzene rings is 1. The molecule has 0 saturated heterocycles. The van der Waals surface area contributed by atoms with Crippen molar-refractivity contribution in [2.75, 3.05) is 0 Å². The molecule has 20 heavy (non-hydrogen) atoms. The van der Waals surface area contributed by atoms with E-state index >= 15 is 0 Å². The summed E-state index contributed by atoms with van der Waals surface area (Å²) >= 11 is 0. The molecule has 3 heteroatoms. The van der Waals surface area contributed by atoms with Gasteiger partial charge in [0.15, 0.2) is 11.6 Å². The maximum atomic E-state index is 12.6.